The van der Waals surface area contributed by atoms with E-state index in [1.54, 1.807) is 0 Å². The van der Waals surface area contributed by atoms with Gasteiger partial charge in [-0.25, -0.2) is 4.79 Å². The Labute approximate surface area is 104 Å². The van der Waals surface area contributed by atoms with E-state index >= 15 is 0 Å². The topological polar surface area (TPSA) is 57.7 Å². The molecule has 15 heavy (non-hydrogen) atoms. The highest BCUT2D eigenvalue weighted by molar-refractivity contribution is 9.10. The van der Waals surface area contributed by atoms with Gasteiger partial charge in [0.05, 0.1) is 0 Å². The molecule has 1 rings (SSSR count). The number of carbonyl (C=O) groups is 3. The minimum Gasteiger partial charge on any atom is -0.272 e. The van der Waals surface area contributed by atoms with Gasteiger partial charge in [0.2, 0.25) is 0 Å². The Kier molecular flexibility index (Phi) is 3.55. The molecule has 1 heterocycles. The second-order valence-electron chi connectivity index (χ2n) is 3.25. The van der Waals surface area contributed by atoms with Crippen LogP contribution in [0, 0.1) is 0 Å². The molecule has 0 aromatic heterocycles. The van der Waals surface area contributed by atoms with E-state index < -0.39 is 22.2 Å². The summed E-state index contributed by atoms with van der Waals surface area (Å²) < 4.78 is -1.31. The van der Waals surface area contributed by atoms with Gasteiger partial charge in [-0.2, -0.15) is 0 Å². The standard InChI is InChI=1S/C8H10Br2N2O3/c1-11-5(13)8(10,3-4-9)6(14)12(2)7(11)15/h3-4H2,1-2H3. The lowest BCUT2D eigenvalue weighted by Gasteiger charge is -2.37. The predicted molar refractivity (Wildman–Crippen MR) is 61.0 cm³/mol. The largest absolute Gasteiger partial charge is 0.332 e. The van der Waals surface area contributed by atoms with Crippen LogP contribution in [0.25, 0.3) is 0 Å². The first-order valence-corrected chi connectivity index (χ1v) is 6.13. The minimum absolute atomic E-state index is 0.298. The van der Waals surface area contributed by atoms with Crippen molar-refractivity contribution in [2.24, 2.45) is 0 Å². The quantitative estimate of drug-likeness (QED) is 0.555. The Bertz CT molecular complexity index is 308. The van der Waals surface area contributed by atoms with E-state index in [2.05, 4.69) is 31.9 Å². The van der Waals surface area contributed by atoms with Crippen LogP contribution in [0.5, 0.6) is 0 Å². The number of alkyl halides is 2. The molecule has 7 heteroatoms. The first-order valence-electron chi connectivity index (χ1n) is 4.21. The fraction of sp³-hybridized carbons (Fsp3) is 0.625. The number of hydrogen-bond acceptors (Lipinski definition) is 3. The molecule has 1 fully saturated rings. The second-order valence-corrected chi connectivity index (χ2v) is 5.40. The maximum atomic E-state index is 11.8. The predicted octanol–water partition coefficient (Wildman–Crippen LogP) is 0.956. The molecule has 0 spiro atoms. The zero-order valence-electron chi connectivity index (χ0n) is 8.29. The third-order valence-corrected chi connectivity index (χ3v) is 3.77. The summed E-state index contributed by atoms with van der Waals surface area (Å²) in [7, 11) is 2.72. The lowest BCUT2D eigenvalue weighted by atomic mass is 10.0. The molecule has 0 aromatic carbocycles. The molecule has 1 saturated heterocycles. The number of rotatable bonds is 2. The number of urea groups is 1. The molecule has 0 radical (unpaired) electrons. The Morgan fingerprint density at radius 3 is 1.87 bits per heavy atom. The summed E-state index contributed by atoms with van der Waals surface area (Å²) in [6, 6.07) is -0.602. The minimum atomic E-state index is -1.31. The summed E-state index contributed by atoms with van der Waals surface area (Å²) in [5.41, 5.74) is 0. The summed E-state index contributed by atoms with van der Waals surface area (Å²) in [6.07, 6.45) is 0.298. The zero-order valence-corrected chi connectivity index (χ0v) is 11.5. The second kappa shape index (κ2) is 4.21. The monoisotopic (exact) mass is 340 g/mol. The van der Waals surface area contributed by atoms with Gasteiger partial charge in [-0.1, -0.05) is 31.9 Å². The molecule has 84 valence electrons. The average molecular weight is 342 g/mol. The summed E-state index contributed by atoms with van der Waals surface area (Å²) in [5.74, 6) is -1.04. The van der Waals surface area contributed by atoms with Gasteiger partial charge in [-0.3, -0.25) is 19.4 Å². The molecule has 0 unspecified atom stereocenters. The Balaban J connectivity index is 3.12. The number of imide groups is 2. The first-order chi connectivity index (χ1) is 6.86. The number of amides is 4. The van der Waals surface area contributed by atoms with E-state index in [-0.39, 0.29) is 0 Å². The van der Waals surface area contributed by atoms with Crippen molar-refractivity contribution in [3.05, 3.63) is 0 Å². The third-order valence-electron chi connectivity index (χ3n) is 2.30. The smallest absolute Gasteiger partial charge is 0.272 e. The summed E-state index contributed by atoms with van der Waals surface area (Å²) in [5, 5.41) is 0.492. The van der Waals surface area contributed by atoms with Gasteiger partial charge < -0.3 is 0 Å². The Morgan fingerprint density at radius 1 is 1.13 bits per heavy atom. The van der Waals surface area contributed by atoms with Gasteiger partial charge >= 0.3 is 6.03 Å². The van der Waals surface area contributed by atoms with E-state index in [1.807, 2.05) is 0 Å². The van der Waals surface area contributed by atoms with Crippen LogP contribution < -0.4 is 0 Å². The summed E-state index contributed by atoms with van der Waals surface area (Å²) in [6.45, 7) is 0. The van der Waals surface area contributed by atoms with Crippen molar-refractivity contribution in [1.82, 2.24) is 9.80 Å². The number of halogens is 2. The van der Waals surface area contributed by atoms with Crippen LogP contribution in [0.3, 0.4) is 0 Å². The molecule has 4 amide bonds. The van der Waals surface area contributed by atoms with E-state index in [9.17, 15) is 14.4 Å². The molecular weight excluding hydrogens is 332 g/mol. The molecule has 0 aliphatic carbocycles. The van der Waals surface area contributed by atoms with Gasteiger partial charge in [-0.05, 0) is 6.42 Å². The molecule has 0 bridgehead atoms. The molecular formula is C8H10Br2N2O3. The highest BCUT2D eigenvalue weighted by Gasteiger charge is 2.53. The van der Waals surface area contributed by atoms with E-state index in [0.29, 0.717) is 11.8 Å². The third kappa shape index (κ3) is 1.82. The maximum absolute atomic E-state index is 11.8. The molecule has 5 nitrogen and oxygen atoms in total. The lowest BCUT2D eigenvalue weighted by molar-refractivity contribution is -0.144. The van der Waals surface area contributed by atoms with Gasteiger partial charge in [0, 0.05) is 19.4 Å². The number of hydrogen-bond donors (Lipinski definition) is 0. The first kappa shape index (κ1) is 12.6. The van der Waals surface area contributed by atoms with Gasteiger partial charge in [0.1, 0.15) is 0 Å². The van der Waals surface area contributed by atoms with Gasteiger partial charge in [0.15, 0.2) is 4.32 Å². The summed E-state index contributed by atoms with van der Waals surface area (Å²) in [4.78, 5) is 36.9. The zero-order chi connectivity index (χ0) is 11.8. The van der Waals surface area contributed by atoms with Crippen LogP contribution in [0.1, 0.15) is 6.42 Å². The average Bonchev–Trinajstić information content (AvgIpc) is 2.22. The van der Waals surface area contributed by atoms with Crippen molar-refractivity contribution in [2.75, 3.05) is 19.4 Å². The van der Waals surface area contributed by atoms with Gasteiger partial charge in [0.25, 0.3) is 11.8 Å². The van der Waals surface area contributed by atoms with Crippen LogP contribution in [-0.2, 0) is 9.59 Å². The van der Waals surface area contributed by atoms with Crippen LogP contribution in [0.2, 0.25) is 0 Å². The van der Waals surface area contributed by atoms with E-state index in [1.165, 1.54) is 14.1 Å². The number of carbonyl (C=O) groups excluding carboxylic acids is 3. The van der Waals surface area contributed by atoms with Gasteiger partial charge in [-0.15, -0.1) is 0 Å². The fourth-order valence-corrected chi connectivity index (χ4v) is 3.22. The molecule has 0 aromatic rings. The number of nitrogens with zero attached hydrogens (tertiary/aromatic N) is 2. The Hall–Kier alpha value is -0.430. The van der Waals surface area contributed by atoms with E-state index in [4.69, 9.17) is 0 Å². The van der Waals surface area contributed by atoms with Crippen molar-refractivity contribution in [3.8, 4) is 0 Å². The fourth-order valence-electron chi connectivity index (χ4n) is 1.37. The Morgan fingerprint density at radius 2 is 1.53 bits per heavy atom. The molecule has 1 aliphatic rings. The van der Waals surface area contributed by atoms with E-state index in [0.717, 1.165) is 9.80 Å². The molecule has 0 N–H and O–H groups in total. The van der Waals surface area contributed by atoms with Crippen LogP contribution in [0.4, 0.5) is 4.79 Å². The van der Waals surface area contributed by atoms with Crippen LogP contribution in [0.15, 0.2) is 0 Å². The summed E-state index contributed by atoms with van der Waals surface area (Å²) >= 11 is 6.30. The van der Waals surface area contributed by atoms with Crippen molar-refractivity contribution >= 4 is 49.7 Å². The highest BCUT2D eigenvalue weighted by atomic mass is 79.9. The normalized spacial score (nSPS) is 21.2. The molecule has 0 atom stereocenters. The number of barbiturate groups is 1. The maximum Gasteiger partial charge on any atom is 0.332 e. The SMILES string of the molecule is CN1C(=O)N(C)C(=O)C(Br)(CCBr)C1=O. The highest BCUT2D eigenvalue weighted by Crippen LogP contribution is 2.32. The van der Waals surface area contributed by atoms with Crippen LogP contribution in [-0.4, -0.2) is 51.4 Å². The molecule has 1 aliphatic heterocycles. The van der Waals surface area contributed by atoms with Crippen molar-refractivity contribution in [1.29, 1.82) is 0 Å². The lowest BCUT2D eigenvalue weighted by Crippen LogP contribution is -2.64. The van der Waals surface area contributed by atoms with Crippen molar-refractivity contribution < 1.29 is 14.4 Å². The van der Waals surface area contributed by atoms with Crippen LogP contribution >= 0.6 is 31.9 Å². The van der Waals surface area contributed by atoms with Crippen molar-refractivity contribution in [2.45, 2.75) is 10.7 Å². The van der Waals surface area contributed by atoms with Crippen molar-refractivity contribution in [3.63, 3.8) is 0 Å². The molecule has 0 saturated carbocycles.